The summed E-state index contributed by atoms with van der Waals surface area (Å²) in [6.45, 7) is 14.9. The van der Waals surface area contributed by atoms with Crippen LogP contribution in [0.15, 0.2) is 54.7 Å². The zero-order valence-corrected chi connectivity index (χ0v) is 40.4. The van der Waals surface area contributed by atoms with Crippen LogP contribution < -0.4 is 16.1 Å². The van der Waals surface area contributed by atoms with Gasteiger partial charge in [-0.3, -0.25) is 34.0 Å². The van der Waals surface area contributed by atoms with E-state index in [-0.39, 0.29) is 55.2 Å². The summed E-state index contributed by atoms with van der Waals surface area (Å²) < 4.78 is 14.2. The van der Waals surface area contributed by atoms with Crippen molar-refractivity contribution in [2.45, 2.75) is 117 Å². The number of aromatic hydroxyl groups is 1. The van der Waals surface area contributed by atoms with Crippen molar-refractivity contribution >= 4 is 40.5 Å². The van der Waals surface area contributed by atoms with E-state index in [0.717, 1.165) is 44.5 Å². The molecule has 4 aromatic rings. The lowest BCUT2D eigenvalue weighted by Gasteiger charge is -2.37. The average Bonchev–Trinajstić information content (AvgIpc) is 3.92. The number of hydrazine groups is 1. The smallest absolute Gasteiger partial charge is 0.324 e. The number of phenolic OH excluding ortho intramolecular Hbond substituents is 1. The van der Waals surface area contributed by atoms with Gasteiger partial charge in [-0.05, 0) is 111 Å². The predicted molar refractivity (Wildman–Crippen MR) is 256 cm³/mol. The molecule has 0 radical (unpaired) electrons. The Labute approximate surface area is 398 Å². The van der Waals surface area contributed by atoms with Crippen LogP contribution in [0.4, 0.5) is 0 Å². The van der Waals surface area contributed by atoms with Gasteiger partial charge in [0.2, 0.25) is 17.7 Å². The normalized spacial score (nSPS) is 24.9. The standard InChI is InChI=1S/C52H66N8O8/c1-8-58-42-14-13-33-25-37(42)38(45(58)36-11-9-17-53-43(36)31(4)67-7)26-51(5,6)29-68-49(65)39-12-10-18-60(56-39)48(64)40(23-32-21-34(33)24-35(61)22-32)55-46(62)44(30(2)3)59-20-16-52(50(59)66)15-19-57(28-52)47(63)41-27-54-41/h9,11,13-14,17,21-22,24-25,30-31,39-41,44,54,56,61H,8,10,12,15-16,18-20,23,26-29H2,1-7H3,(H,55,62)/t31-,39-,40-,41+,44-,52-/m0/s1. The molecule has 1 spiro atoms. The molecule has 6 bridgehead atoms. The largest absolute Gasteiger partial charge is 0.508 e. The number of aryl methyl sites for hydroxylation is 1. The summed E-state index contributed by atoms with van der Waals surface area (Å²) >= 11 is 0. The first-order chi connectivity index (χ1) is 32.5. The number of hydrogen-bond donors (Lipinski definition) is 4. The quantitative estimate of drug-likeness (QED) is 0.132. The molecule has 16 nitrogen and oxygen atoms in total. The number of carbonyl (C=O) groups excluding carboxylic acids is 5. The first kappa shape index (κ1) is 47.2. The second-order valence-electron chi connectivity index (χ2n) is 20.7. The van der Waals surface area contributed by atoms with Crippen LogP contribution in [-0.4, -0.2) is 130 Å². The number of hydrogen-bond acceptors (Lipinski definition) is 11. The van der Waals surface area contributed by atoms with E-state index >= 15 is 0 Å². The Kier molecular flexibility index (Phi) is 12.9. The molecule has 68 heavy (non-hydrogen) atoms. The molecule has 4 saturated heterocycles. The zero-order valence-electron chi connectivity index (χ0n) is 40.4. The van der Waals surface area contributed by atoms with Gasteiger partial charge in [0.25, 0.3) is 5.91 Å². The van der Waals surface area contributed by atoms with Crippen LogP contribution >= 0.6 is 0 Å². The molecule has 6 atom stereocenters. The number of nitrogens with zero attached hydrogens (tertiary/aromatic N) is 5. The SMILES string of the molecule is CCn1c(-c2cccnc2[C@H](C)OC)c2c3cc(ccc31)-c1cc(O)cc(c1)C[C@H](NC(=O)[C@H](C(C)C)N1CC[C@]3(CCN(C(=O)[C@H]4CN4)C3)C1=O)C(=O)N1CCC[C@H](N1)C(=O)OCC(C)(C)C2. The van der Waals surface area contributed by atoms with Gasteiger partial charge in [-0.1, -0.05) is 39.8 Å². The number of fused-ring (bicyclic) bond motifs is 6. The van der Waals surface area contributed by atoms with Crippen molar-refractivity contribution in [1.29, 1.82) is 0 Å². The predicted octanol–water partition coefficient (Wildman–Crippen LogP) is 4.90. The van der Waals surface area contributed by atoms with E-state index in [1.807, 2.05) is 39.0 Å². The van der Waals surface area contributed by atoms with Crippen LogP contribution in [0.5, 0.6) is 5.75 Å². The Morgan fingerprint density at radius 1 is 1.03 bits per heavy atom. The number of pyridine rings is 1. The van der Waals surface area contributed by atoms with E-state index in [9.17, 15) is 29.1 Å². The Hall–Kier alpha value is -5.84. The highest BCUT2D eigenvalue weighted by molar-refractivity contribution is 5.97. The fourth-order valence-electron chi connectivity index (χ4n) is 11.1. The highest BCUT2D eigenvalue weighted by Gasteiger charge is 2.55. The molecule has 9 rings (SSSR count). The number of phenols is 1. The number of carbonyl (C=O) groups is 5. The lowest BCUT2D eigenvalue weighted by molar-refractivity contribution is -0.155. The van der Waals surface area contributed by atoms with Crippen LogP contribution in [-0.2, 0) is 52.8 Å². The van der Waals surface area contributed by atoms with Crippen molar-refractivity contribution in [2.24, 2.45) is 16.7 Å². The van der Waals surface area contributed by atoms with Crippen molar-refractivity contribution in [1.82, 2.24) is 40.4 Å². The van der Waals surface area contributed by atoms with E-state index in [1.165, 1.54) is 5.01 Å². The van der Waals surface area contributed by atoms with Crippen LogP contribution in [0.2, 0.25) is 0 Å². The molecule has 4 N–H and O–H groups in total. The minimum Gasteiger partial charge on any atom is -0.508 e. The summed E-state index contributed by atoms with van der Waals surface area (Å²) in [5.74, 6) is -1.84. The van der Waals surface area contributed by atoms with Gasteiger partial charge < -0.3 is 39.6 Å². The molecule has 7 heterocycles. The molecular formula is C52H66N8O8. The third-order valence-electron chi connectivity index (χ3n) is 14.8. The van der Waals surface area contributed by atoms with Crippen LogP contribution in [0.1, 0.15) is 90.2 Å². The average molecular weight is 931 g/mol. The molecule has 0 saturated carbocycles. The van der Waals surface area contributed by atoms with Gasteiger partial charge in [-0.15, -0.1) is 0 Å². The van der Waals surface area contributed by atoms with E-state index in [2.05, 4.69) is 59.6 Å². The topological polar surface area (TPSA) is 198 Å². The van der Waals surface area contributed by atoms with Crippen molar-refractivity contribution < 1.29 is 38.6 Å². The Balaban J connectivity index is 1.10. The van der Waals surface area contributed by atoms with Crippen LogP contribution in [0.25, 0.3) is 33.3 Å². The number of rotatable bonds is 9. The van der Waals surface area contributed by atoms with Gasteiger partial charge in [0.05, 0.1) is 35.6 Å². The third-order valence-corrected chi connectivity index (χ3v) is 14.8. The van der Waals surface area contributed by atoms with E-state index in [4.69, 9.17) is 14.5 Å². The molecule has 4 amide bonds. The van der Waals surface area contributed by atoms with Gasteiger partial charge in [-0.2, -0.15) is 0 Å². The number of nitrogens with one attached hydrogen (secondary N) is 3. The number of methoxy groups -OCH3 is 1. The maximum atomic E-state index is 14.8. The number of ether oxygens (including phenoxy) is 2. The highest BCUT2D eigenvalue weighted by atomic mass is 16.5. The number of cyclic esters (lactones) is 1. The summed E-state index contributed by atoms with van der Waals surface area (Å²) in [4.78, 5) is 79.1. The summed E-state index contributed by atoms with van der Waals surface area (Å²) in [6.07, 6.45) is 4.08. The van der Waals surface area contributed by atoms with Crippen LogP contribution in [0.3, 0.4) is 0 Å². The molecular weight excluding hydrogens is 865 g/mol. The monoisotopic (exact) mass is 931 g/mol. The maximum absolute atomic E-state index is 14.8. The molecule has 362 valence electrons. The lowest BCUT2D eigenvalue weighted by Crippen LogP contribution is -2.62. The minimum absolute atomic E-state index is 0.000244. The van der Waals surface area contributed by atoms with Gasteiger partial charge in [0.15, 0.2) is 0 Å². The van der Waals surface area contributed by atoms with Crippen molar-refractivity contribution in [3.63, 3.8) is 0 Å². The Morgan fingerprint density at radius 3 is 2.54 bits per heavy atom. The second-order valence-corrected chi connectivity index (χ2v) is 20.7. The Morgan fingerprint density at radius 2 is 1.81 bits per heavy atom. The van der Waals surface area contributed by atoms with E-state index in [1.54, 1.807) is 35.2 Å². The molecule has 4 fully saturated rings. The molecule has 5 aliphatic heterocycles. The summed E-state index contributed by atoms with van der Waals surface area (Å²) in [5, 5.41) is 19.9. The number of amides is 4. The fourth-order valence-corrected chi connectivity index (χ4v) is 11.1. The minimum atomic E-state index is -1.14. The lowest BCUT2D eigenvalue weighted by atomic mass is 9.84. The van der Waals surface area contributed by atoms with Gasteiger partial charge in [-0.25, -0.2) is 5.43 Å². The van der Waals surface area contributed by atoms with Gasteiger partial charge in [0.1, 0.15) is 23.9 Å². The van der Waals surface area contributed by atoms with Crippen molar-refractivity contribution in [2.75, 3.05) is 46.4 Å². The van der Waals surface area contributed by atoms with Crippen molar-refractivity contribution in [3.8, 4) is 28.1 Å². The molecule has 2 aromatic heterocycles. The molecule has 2 aromatic carbocycles. The van der Waals surface area contributed by atoms with Gasteiger partial charge >= 0.3 is 5.97 Å². The number of esters is 1. The maximum Gasteiger partial charge on any atom is 0.324 e. The molecule has 0 unspecified atom stereocenters. The fraction of sp³-hybridized carbons (Fsp3) is 0.538. The number of likely N-dealkylation sites (tertiary alicyclic amines) is 2. The highest BCUT2D eigenvalue weighted by Crippen LogP contribution is 2.44. The zero-order chi connectivity index (χ0) is 48.2. The second kappa shape index (κ2) is 18.6. The molecule has 0 aliphatic carbocycles. The molecule has 16 heteroatoms. The Bertz CT molecular complexity index is 2640. The summed E-state index contributed by atoms with van der Waals surface area (Å²) in [6, 6.07) is 12.5. The van der Waals surface area contributed by atoms with Crippen LogP contribution in [0, 0.1) is 16.7 Å². The van der Waals surface area contributed by atoms with E-state index < -0.39 is 46.7 Å². The number of benzene rings is 2. The molecule has 5 aliphatic rings. The number of aromatic nitrogens is 2. The van der Waals surface area contributed by atoms with E-state index in [0.29, 0.717) is 70.4 Å². The third kappa shape index (κ3) is 8.98. The summed E-state index contributed by atoms with van der Waals surface area (Å²) in [7, 11) is 1.68. The first-order valence-corrected chi connectivity index (χ1v) is 24.4. The van der Waals surface area contributed by atoms with Crippen molar-refractivity contribution in [3.05, 3.63) is 71.5 Å². The first-order valence-electron chi connectivity index (χ1n) is 24.4. The summed E-state index contributed by atoms with van der Waals surface area (Å²) in [5.41, 5.74) is 8.87. The van der Waals surface area contributed by atoms with Gasteiger partial charge in [0, 0.05) is 80.9 Å².